The van der Waals surface area contributed by atoms with E-state index in [4.69, 9.17) is 16.3 Å². The molecule has 2 amide bonds. The zero-order valence-corrected chi connectivity index (χ0v) is 15.4. The first-order chi connectivity index (χ1) is 12.4. The molecule has 2 N–H and O–H groups in total. The smallest absolute Gasteiger partial charge is 0.329 e. The van der Waals surface area contributed by atoms with Crippen molar-refractivity contribution in [1.29, 1.82) is 0 Å². The highest BCUT2D eigenvalue weighted by Crippen LogP contribution is 2.27. The summed E-state index contributed by atoms with van der Waals surface area (Å²) < 4.78 is 5.11. The van der Waals surface area contributed by atoms with Gasteiger partial charge in [-0.1, -0.05) is 23.7 Å². The van der Waals surface area contributed by atoms with Gasteiger partial charge in [0, 0.05) is 24.8 Å². The molecule has 0 aliphatic rings. The summed E-state index contributed by atoms with van der Waals surface area (Å²) in [6.45, 7) is 0. The first kappa shape index (κ1) is 19.3. The molecule has 0 saturated heterocycles. The standard InChI is InChI=1S/C18H19ClN4O3/c1-23(2)14-7-4-12(5-8-14)11-20-22-18(25)17(24)21-15-10-13(19)6-9-16(15)26-3/h4-11H,1-3H3,(H,21,24)(H,22,25). The van der Waals surface area contributed by atoms with Crippen LogP contribution in [0.3, 0.4) is 0 Å². The minimum absolute atomic E-state index is 0.295. The van der Waals surface area contributed by atoms with Crippen LogP contribution in [-0.4, -0.2) is 39.2 Å². The zero-order chi connectivity index (χ0) is 19.1. The number of ether oxygens (including phenoxy) is 1. The predicted octanol–water partition coefficient (Wildman–Crippen LogP) is 2.50. The lowest BCUT2D eigenvalue weighted by molar-refractivity contribution is -0.136. The number of amides is 2. The molecule has 0 fully saturated rings. The summed E-state index contributed by atoms with van der Waals surface area (Å²) in [5.74, 6) is -1.40. The summed E-state index contributed by atoms with van der Waals surface area (Å²) in [5.41, 5.74) is 4.30. The number of rotatable bonds is 5. The molecule has 136 valence electrons. The monoisotopic (exact) mass is 374 g/mol. The molecule has 8 heteroatoms. The molecule has 26 heavy (non-hydrogen) atoms. The van der Waals surface area contributed by atoms with Crippen LogP contribution in [0.5, 0.6) is 5.75 Å². The second-order valence-corrected chi connectivity index (χ2v) is 5.92. The molecular formula is C18H19ClN4O3. The molecule has 7 nitrogen and oxygen atoms in total. The van der Waals surface area contributed by atoms with Gasteiger partial charge in [-0.05, 0) is 35.9 Å². The average Bonchev–Trinajstić information content (AvgIpc) is 2.62. The highest BCUT2D eigenvalue weighted by Gasteiger charge is 2.15. The fourth-order valence-corrected chi connectivity index (χ4v) is 2.20. The molecule has 0 bridgehead atoms. The van der Waals surface area contributed by atoms with Gasteiger partial charge in [0.25, 0.3) is 0 Å². The number of carbonyl (C=O) groups is 2. The van der Waals surface area contributed by atoms with E-state index in [0.29, 0.717) is 16.5 Å². The van der Waals surface area contributed by atoms with Gasteiger partial charge in [-0.2, -0.15) is 5.10 Å². The van der Waals surface area contributed by atoms with E-state index in [1.165, 1.54) is 19.4 Å². The molecule has 2 rings (SSSR count). The molecule has 0 aromatic heterocycles. The SMILES string of the molecule is COc1ccc(Cl)cc1NC(=O)C(=O)NN=Cc1ccc(N(C)C)cc1. The number of hydrazone groups is 1. The largest absolute Gasteiger partial charge is 0.495 e. The van der Waals surface area contributed by atoms with E-state index in [0.717, 1.165) is 11.3 Å². The summed E-state index contributed by atoms with van der Waals surface area (Å²) in [5, 5.41) is 6.62. The van der Waals surface area contributed by atoms with Gasteiger partial charge in [0.1, 0.15) is 5.75 Å². The third kappa shape index (κ3) is 5.22. The summed E-state index contributed by atoms with van der Waals surface area (Å²) in [4.78, 5) is 25.8. The highest BCUT2D eigenvalue weighted by atomic mass is 35.5. The second kappa shape index (κ2) is 8.87. The van der Waals surface area contributed by atoms with Gasteiger partial charge in [0.2, 0.25) is 0 Å². The molecular weight excluding hydrogens is 356 g/mol. The number of methoxy groups -OCH3 is 1. The lowest BCUT2D eigenvalue weighted by Gasteiger charge is -2.11. The maximum Gasteiger partial charge on any atom is 0.329 e. The van der Waals surface area contributed by atoms with E-state index in [9.17, 15) is 9.59 Å². The first-order valence-electron chi connectivity index (χ1n) is 7.66. The van der Waals surface area contributed by atoms with Gasteiger partial charge in [0.05, 0.1) is 19.0 Å². The summed E-state index contributed by atoms with van der Waals surface area (Å²) in [7, 11) is 5.33. The van der Waals surface area contributed by atoms with Gasteiger partial charge >= 0.3 is 11.8 Å². The lowest BCUT2D eigenvalue weighted by atomic mass is 10.2. The fraction of sp³-hybridized carbons (Fsp3) is 0.167. The van der Waals surface area contributed by atoms with Crippen molar-refractivity contribution < 1.29 is 14.3 Å². The minimum Gasteiger partial charge on any atom is -0.495 e. The Morgan fingerprint density at radius 3 is 2.42 bits per heavy atom. The Hall–Kier alpha value is -3.06. The Balaban J connectivity index is 1.95. The van der Waals surface area contributed by atoms with Gasteiger partial charge in [-0.3, -0.25) is 9.59 Å². The number of anilines is 2. The molecule has 2 aromatic rings. The molecule has 0 saturated carbocycles. The van der Waals surface area contributed by atoms with Crippen molar-refractivity contribution in [3.05, 3.63) is 53.1 Å². The van der Waals surface area contributed by atoms with Crippen LogP contribution < -0.4 is 20.4 Å². The van der Waals surface area contributed by atoms with Crippen LogP contribution in [0, 0.1) is 0 Å². The van der Waals surface area contributed by atoms with Gasteiger partial charge in [0.15, 0.2) is 0 Å². The van der Waals surface area contributed by atoms with Crippen LogP contribution in [0.1, 0.15) is 5.56 Å². The average molecular weight is 375 g/mol. The van der Waals surface area contributed by atoms with Crippen molar-refractivity contribution in [2.75, 3.05) is 31.4 Å². The minimum atomic E-state index is -0.909. The van der Waals surface area contributed by atoms with E-state index in [1.807, 2.05) is 43.3 Å². The number of hydrogen-bond donors (Lipinski definition) is 2. The van der Waals surface area contributed by atoms with Gasteiger partial charge in [-0.15, -0.1) is 0 Å². The molecule has 0 spiro atoms. The normalized spacial score (nSPS) is 10.5. The maximum absolute atomic E-state index is 12.0. The van der Waals surface area contributed by atoms with Crippen molar-refractivity contribution in [1.82, 2.24) is 5.43 Å². The Morgan fingerprint density at radius 2 is 1.81 bits per heavy atom. The van der Waals surface area contributed by atoms with Crippen molar-refractivity contribution in [3.63, 3.8) is 0 Å². The quantitative estimate of drug-likeness (QED) is 0.478. The topological polar surface area (TPSA) is 83.0 Å². The van der Waals surface area contributed by atoms with Crippen molar-refractivity contribution >= 4 is 41.0 Å². The molecule has 0 radical (unpaired) electrons. The zero-order valence-electron chi connectivity index (χ0n) is 14.6. The summed E-state index contributed by atoms with van der Waals surface area (Å²) in [6, 6.07) is 12.2. The number of nitrogens with one attached hydrogen (secondary N) is 2. The van der Waals surface area contributed by atoms with Crippen LogP contribution in [0.4, 0.5) is 11.4 Å². The van der Waals surface area contributed by atoms with Crippen LogP contribution >= 0.6 is 11.6 Å². The third-order valence-electron chi connectivity index (χ3n) is 3.41. The van der Waals surface area contributed by atoms with Crippen LogP contribution in [0.15, 0.2) is 47.6 Å². The summed E-state index contributed by atoms with van der Waals surface area (Å²) >= 11 is 5.88. The highest BCUT2D eigenvalue weighted by molar-refractivity contribution is 6.40. The summed E-state index contributed by atoms with van der Waals surface area (Å²) in [6.07, 6.45) is 1.45. The third-order valence-corrected chi connectivity index (χ3v) is 3.64. The van der Waals surface area contributed by atoms with E-state index >= 15 is 0 Å². The first-order valence-corrected chi connectivity index (χ1v) is 8.04. The van der Waals surface area contributed by atoms with Gasteiger partial charge < -0.3 is 15.0 Å². The number of hydrogen-bond acceptors (Lipinski definition) is 5. The molecule has 0 aliphatic heterocycles. The maximum atomic E-state index is 12.0. The second-order valence-electron chi connectivity index (χ2n) is 5.48. The van der Waals surface area contributed by atoms with E-state index in [1.54, 1.807) is 12.1 Å². The van der Waals surface area contributed by atoms with E-state index < -0.39 is 11.8 Å². The molecule has 0 aliphatic carbocycles. The number of nitrogens with zero attached hydrogens (tertiary/aromatic N) is 2. The van der Waals surface area contributed by atoms with Crippen LogP contribution in [0.2, 0.25) is 5.02 Å². The van der Waals surface area contributed by atoms with Crippen LogP contribution in [0.25, 0.3) is 0 Å². The fourth-order valence-electron chi connectivity index (χ4n) is 2.03. The molecule has 2 aromatic carbocycles. The lowest BCUT2D eigenvalue weighted by Crippen LogP contribution is -2.32. The number of carbonyl (C=O) groups excluding carboxylic acids is 2. The Bertz CT molecular complexity index is 820. The van der Waals surface area contributed by atoms with Crippen molar-refractivity contribution in [2.24, 2.45) is 5.10 Å². The van der Waals surface area contributed by atoms with E-state index in [-0.39, 0.29) is 0 Å². The molecule has 0 atom stereocenters. The van der Waals surface area contributed by atoms with Gasteiger partial charge in [-0.25, -0.2) is 5.43 Å². The molecule has 0 heterocycles. The van der Waals surface area contributed by atoms with Crippen molar-refractivity contribution in [3.8, 4) is 5.75 Å². The number of halogens is 1. The predicted molar refractivity (Wildman–Crippen MR) is 103 cm³/mol. The van der Waals surface area contributed by atoms with E-state index in [2.05, 4.69) is 15.8 Å². The Labute approximate surface area is 156 Å². The number of benzene rings is 2. The Kier molecular flexibility index (Phi) is 6.57. The Morgan fingerprint density at radius 1 is 1.12 bits per heavy atom. The van der Waals surface area contributed by atoms with Crippen molar-refractivity contribution in [2.45, 2.75) is 0 Å². The molecule has 0 unspecified atom stereocenters. The van der Waals surface area contributed by atoms with Crippen LogP contribution in [-0.2, 0) is 9.59 Å².